The van der Waals surface area contributed by atoms with Gasteiger partial charge in [0.05, 0.1) is 18.8 Å². The molecule has 2 N–H and O–H groups in total. The number of benzene rings is 1. The number of ether oxygens (including phenoxy) is 1. The summed E-state index contributed by atoms with van der Waals surface area (Å²) >= 11 is 0. The largest absolute Gasteiger partial charge is 0.481 e. The van der Waals surface area contributed by atoms with Gasteiger partial charge in [0, 0.05) is 42.1 Å². The smallest absolute Gasteiger partial charge is 0.310 e. The van der Waals surface area contributed by atoms with Crippen molar-refractivity contribution in [3.8, 4) is 0 Å². The average molecular weight is 513 g/mol. The van der Waals surface area contributed by atoms with Gasteiger partial charge in [-0.05, 0) is 69.2 Å². The Hall–Kier alpha value is -2.87. The maximum Gasteiger partial charge on any atom is 0.310 e. The summed E-state index contributed by atoms with van der Waals surface area (Å²) in [7, 11) is 0. The van der Waals surface area contributed by atoms with Gasteiger partial charge in [-0.1, -0.05) is 25.5 Å². The molecule has 0 bridgehead atoms. The third-order valence-corrected chi connectivity index (χ3v) is 8.24. The summed E-state index contributed by atoms with van der Waals surface area (Å²) in [6, 6.07) is 7.27. The van der Waals surface area contributed by atoms with Crippen LogP contribution in [-0.4, -0.2) is 62.8 Å². The van der Waals surface area contributed by atoms with Gasteiger partial charge >= 0.3 is 17.9 Å². The molecule has 5 rings (SSSR count). The molecule has 2 aromatic rings. The molecule has 1 saturated carbocycles. The average Bonchev–Trinajstić information content (AvgIpc) is 3.26. The van der Waals surface area contributed by atoms with Crippen molar-refractivity contribution in [3.63, 3.8) is 0 Å². The molecule has 1 aliphatic heterocycles. The van der Waals surface area contributed by atoms with E-state index in [4.69, 9.17) is 14.9 Å². The van der Waals surface area contributed by atoms with Gasteiger partial charge in [0.2, 0.25) is 0 Å². The van der Waals surface area contributed by atoms with Gasteiger partial charge in [-0.15, -0.1) is 0 Å². The van der Waals surface area contributed by atoms with Crippen molar-refractivity contribution in [1.82, 2.24) is 9.47 Å². The predicted molar refractivity (Wildman–Crippen MR) is 141 cm³/mol. The molecule has 1 aromatic carbocycles. The summed E-state index contributed by atoms with van der Waals surface area (Å²) in [5.74, 6) is -1.67. The quantitative estimate of drug-likeness (QED) is 0.512. The molecule has 37 heavy (non-hydrogen) atoms. The van der Waals surface area contributed by atoms with Crippen molar-refractivity contribution in [2.75, 3.05) is 13.1 Å². The van der Waals surface area contributed by atoms with Crippen molar-refractivity contribution in [2.45, 2.75) is 96.2 Å². The van der Waals surface area contributed by atoms with E-state index in [-0.39, 0.29) is 30.8 Å². The maximum absolute atomic E-state index is 13.1. The van der Waals surface area contributed by atoms with Crippen LogP contribution in [0, 0.1) is 5.92 Å². The number of piperidine rings is 1. The van der Waals surface area contributed by atoms with E-state index in [1.165, 1.54) is 41.3 Å². The number of hydrogen-bond acceptors (Lipinski definition) is 5. The maximum atomic E-state index is 13.1. The van der Waals surface area contributed by atoms with Gasteiger partial charge in [-0.2, -0.15) is 0 Å². The number of rotatable bonds is 7. The minimum absolute atomic E-state index is 0.00296. The molecule has 0 unspecified atom stereocenters. The second-order valence-corrected chi connectivity index (χ2v) is 10.6. The van der Waals surface area contributed by atoms with E-state index in [2.05, 4.69) is 47.7 Å². The van der Waals surface area contributed by atoms with E-state index < -0.39 is 11.9 Å². The molecule has 202 valence electrons. The lowest BCUT2D eigenvalue weighted by Crippen LogP contribution is -2.51. The van der Waals surface area contributed by atoms with Crippen LogP contribution in [0.25, 0.3) is 10.9 Å². The Labute approximate surface area is 218 Å². The zero-order valence-electron chi connectivity index (χ0n) is 22.0. The fourth-order valence-electron chi connectivity index (χ4n) is 6.43. The Morgan fingerprint density at radius 2 is 1.70 bits per heavy atom. The number of esters is 1. The number of aromatic nitrogens is 1. The summed E-state index contributed by atoms with van der Waals surface area (Å²) < 4.78 is 8.38. The molecule has 0 radical (unpaired) electrons. The van der Waals surface area contributed by atoms with Crippen LogP contribution in [0.15, 0.2) is 24.4 Å². The van der Waals surface area contributed by atoms with Crippen LogP contribution in [0.2, 0.25) is 0 Å². The van der Waals surface area contributed by atoms with Crippen LogP contribution in [0.1, 0.15) is 82.3 Å². The van der Waals surface area contributed by atoms with Gasteiger partial charge in [-0.3, -0.25) is 19.3 Å². The molecule has 0 amide bonds. The predicted octanol–water partition coefficient (Wildman–Crippen LogP) is 4.82. The third kappa shape index (κ3) is 6.17. The first-order valence-corrected chi connectivity index (χ1v) is 13.8. The van der Waals surface area contributed by atoms with Crippen LogP contribution in [-0.2, 0) is 32.1 Å². The van der Waals surface area contributed by atoms with E-state index in [0.717, 1.165) is 45.3 Å². The van der Waals surface area contributed by atoms with E-state index in [1.54, 1.807) is 0 Å². The Kier molecular flexibility index (Phi) is 8.90. The number of carbonyl (C=O) groups is 3. The van der Waals surface area contributed by atoms with Gasteiger partial charge < -0.3 is 19.5 Å². The van der Waals surface area contributed by atoms with E-state index in [0.29, 0.717) is 12.0 Å². The lowest BCUT2D eigenvalue weighted by Gasteiger charge is -2.46. The van der Waals surface area contributed by atoms with Crippen molar-refractivity contribution in [3.05, 3.63) is 35.5 Å². The van der Waals surface area contributed by atoms with Gasteiger partial charge in [0.25, 0.3) is 0 Å². The zero-order chi connectivity index (χ0) is 26.5. The fourth-order valence-corrected chi connectivity index (χ4v) is 6.43. The summed E-state index contributed by atoms with van der Waals surface area (Å²) in [5.41, 5.74) is 4.29. The number of fused-ring (bicyclic) bond motifs is 2. The Balaban J connectivity index is 0.000000349. The number of aliphatic carboxylic acids is 2. The summed E-state index contributed by atoms with van der Waals surface area (Å²) in [4.78, 5) is 34.9. The minimum atomic E-state index is -1.08. The Morgan fingerprint density at radius 3 is 2.32 bits per heavy atom. The highest BCUT2D eigenvalue weighted by atomic mass is 16.5. The molecule has 3 atom stereocenters. The molecule has 1 saturated heterocycles. The van der Waals surface area contributed by atoms with Crippen molar-refractivity contribution in [1.29, 1.82) is 0 Å². The number of likely N-dealkylation sites (N-methyl/N-ethyl adjacent to an activating group) is 1. The lowest BCUT2D eigenvalue weighted by atomic mass is 9.72. The van der Waals surface area contributed by atoms with Crippen LogP contribution in [0.5, 0.6) is 0 Å². The number of nitrogens with zero attached hydrogens (tertiary/aromatic N) is 2. The molecule has 8 heteroatoms. The molecule has 8 nitrogen and oxygen atoms in total. The molecule has 0 spiro atoms. The van der Waals surface area contributed by atoms with Crippen molar-refractivity contribution >= 4 is 28.8 Å². The molecular weight excluding hydrogens is 472 g/mol. The highest BCUT2D eigenvalue weighted by Gasteiger charge is 2.43. The molecule has 2 heterocycles. The molecule has 3 aliphatic rings. The van der Waals surface area contributed by atoms with E-state index >= 15 is 0 Å². The second-order valence-electron chi connectivity index (χ2n) is 10.6. The Bertz CT molecular complexity index is 1110. The molecular formula is C29H40N2O6. The van der Waals surface area contributed by atoms with E-state index in [1.807, 2.05) is 0 Å². The van der Waals surface area contributed by atoms with Crippen LogP contribution >= 0.6 is 0 Å². The first-order valence-electron chi connectivity index (χ1n) is 13.8. The number of carbonyl (C=O) groups excluding carboxylic acids is 1. The number of aryl methyl sites for hydroxylation is 1. The van der Waals surface area contributed by atoms with Gasteiger partial charge in [0.1, 0.15) is 6.10 Å². The minimum Gasteiger partial charge on any atom is -0.481 e. The van der Waals surface area contributed by atoms with Crippen LogP contribution in [0.3, 0.4) is 0 Å². The number of carboxylic acid groups (broad SMARTS) is 2. The first-order chi connectivity index (χ1) is 17.8. The molecule has 2 aliphatic carbocycles. The lowest BCUT2D eigenvalue weighted by molar-refractivity contribution is -0.158. The molecule has 2 fully saturated rings. The summed E-state index contributed by atoms with van der Waals surface area (Å²) in [6.07, 6.45) is 9.75. The number of hydrogen-bond donors (Lipinski definition) is 2. The fraction of sp³-hybridized carbons (Fsp3) is 0.621. The monoisotopic (exact) mass is 512 g/mol. The summed E-state index contributed by atoms with van der Waals surface area (Å²) in [5, 5.41) is 17.2. The second kappa shape index (κ2) is 12.1. The normalized spacial score (nSPS) is 23.6. The van der Waals surface area contributed by atoms with Crippen molar-refractivity contribution in [2.24, 2.45) is 5.92 Å². The van der Waals surface area contributed by atoms with Crippen LogP contribution < -0.4 is 0 Å². The SMILES string of the molecule is CCN1C[C@H](C(=O)OC2CCCCC2)C[C@@H]2c3cccc4c3c(cn4CC)C[C@H]21.O=C(O)CCC(=O)O. The van der Waals surface area contributed by atoms with E-state index in [9.17, 15) is 14.4 Å². The number of likely N-dealkylation sites (tertiary alicyclic amines) is 1. The highest BCUT2D eigenvalue weighted by molar-refractivity contribution is 5.89. The van der Waals surface area contributed by atoms with Gasteiger partial charge in [0.15, 0.2) is 0 Å². The number of carboxylic acids is 2. The van der Waals surface area contributed by atoms with Crippen LogP contribution in [0.4, 0.5) is 0 Å². The van der Waals surface area contributed by atoms with Gasteiger partial charge in [-0.25, -0.2) is 0 Å². The summed E-state index contributed by atoms with van der Waals surface area (Å²) in [6.45, 7) is 7.30. The molecule has 1 aromatic heterocycles. The highest BCUT2D eigenvalue weighted by Crippen LogP contribution is 2.45. The Morgan fingerprint density at radius 1 is 1.00 bits per heavy atom. The zero-order valence-corrected chi connectivity index (χ0v) is 22.0. The van der Waals surface area contributed by atoms with Crippen molar-refractivity contribution < 1.29 is 29.3 Å². The standard InChI is InChI=1S/C25H34N2O2.C4H6O4/c1-3-26-15-17-14-23-21(20-11-8-12-22(26)24(17)20)13-18(16-27(23)4-2)25(28)29-19-9-6-5-7-10-19;5-3(6)1-2-4(7)8/h8,11-12,15,18-19,21,23H,3-7,9-10,13-14,16H2,1-2H3;1-2H2,(H,5,6)(H,7,8)/t18-,21-,23-;/m1./s1. The topological polar surface area (TPSA) is 109 Å². The first kappa shape index (κ1) is 27.2. The third-order valence-electron chi connectivity index (χ3n) is 8.24.